The molecule has 2 N–H and O–H groups in total. The van der Waals surface area contributed by atoms with Crippen molar-refractivity contribution < 1.29 is 22.7 Å². The van der Waals surface area contributed by atoms with E-state index in [0.717, 1.165) is 0 Å². The molecule has 0 saturated carbocycles. The molecule has 0 aliphatic rings. The van der Waals surface area contributed by atoms with Crippen LogP contribution in [0.15, 0.2) is 48.5 Å². The smallest absolute Gasteiger partial charge is 0.405 e. The summed E-state index contributed by atoms with van der Waals surface area (Å²) in [5, 5.41) is 14.1. The Hall–Kier alpha value is -3.21. The third-order valence-electron chi connectivity index (χ3n) is 3.14. The van der Waals surface area contributed by atoms with Crippen LogP contribution in [0.2, 0.25) is 0 Å². The van der Waals surface area contributed by atoms with Crippen molar-refractivity contribution in [2.24, 2.45) is 0 Å². The van der Waals surface area contributed by atoms with Crippen molar-refractivity contribution >= 4 is 11.6 Å². The van der Waals surface area contributed by atoms with Crippen molar-refractivity contribution in [2.75, 3.05) is 11.9 Å². The Balaban J connectivity index is 1.86. The van der Waals surface area contributed by atoms with Crippen molar-refractivity contribution in [3.63, 3.8) is 0 Å². The van der Waals surface area contributed by atoms with Crippen molar-refractivity contribution in [3.8, 4) is 11.8 Å². The van der Waals surface area contributed by atoms with Crippen LogP contribution in [-0.4, -0.2) is 18.8 Å². The van der Waals surface area contributed by atoms with E-state index in [-0.39, 0.29) is 24.4 Å². The second-order valence-corrected chi connectivity index (χ2v) is 4.97. The van der Waals surface area contributed by atoms with E-state index >= 15 is 0 Å². The average molecular weight is 349 g/mol. The number of nitrogens with zero attached hydrogens (tertiary/aromatic N) is 1. The maximum absolute atomic E-state index is 12.3. The number of hydrogen-bond acceptors (Lipinski definition) is 4. The predicted molar refractivity (Wildman–Crippen MR) is 84.6 cm³/mol. The summed E-state index contributed by atoms with van der Waals surface area (Å²) in [5.74, 6) is -0.749. The van der Waals surface area contributed by atoms with Crippen LogP contribution in [0.3, 0.4) is 0 Å². The van der Waals surface area contributed by atoms with Gasteiger partial charge in [0.05, 0.1) is 18.2 Å². The highest BCUT2D eigenvalue weighted by atomic mass is 19.4. The number of anilines is 1. The number of ether oxygens (including phenoxy) is 1. The van der Waals surface area contributed by atoms with Gasteiger partial charge < -0.3 is 15.4 Å². The zero-order valence-corrected chi connectivity index (χ0v) is 12.9. The fraction of sp³-hybridized carbons (Fsp3) is 0.176. The summed E-state index contributed by atoms with van der Waals surface area (Å²) in [7, 11) is 0. The molecule has 5 nitrogen and oxygen atoms in total. The highest BCUT2D eigenvalue weighted by Crippen LogP contribution is 2.26. The quantitative estimate of drug-likeness (QED) is 0.840. The lowest BCUT2D eigenvalue weighted by Crippen LogP contribution is -2.29. The van der Waals surface area contributed by atoms with Crippen LogP contribution in [0, 0.1) is 11.3 Å². The van der Waals surface area contributed by atoms with Crippen LogP contribution in [0.5, 0.6) is 5.75 Å². The van der Waals surface area contributed by atoms with Crippen LogP contribution in [-0.2, 0) is 11.3 Å². The number of halogens is 3. The SMILES string of the molecule is N#Cc1ccc(NCC(=O)NCc2ccccc2OC(F)(F)F)cc1. The monoisotopic (exact) mass is 349 g/mol. The molecule has 0 radical (unpaired) electrons. The fourth-order valence-corrected chi connectivity index (χ4v) is 1.98. The van der Waals surface area contributed by atoms with Gasteiger partial charge in [-0.25, -0.2) is 0 Å². The zero-order valence-electron chi connectivity index (χ0n) is 12.9. The second-order valence-electron chi connectivity index (χ2n) is 4.97. The number of amides is 1. The summed E-state index contributed by atoms with van der Waals surface area (Å²) in [4.78, 5) is 11.8. The summed E-state index contributed by atoms with van der Waals surface area (Å²) in [5.41, 5.74) is 1.36. The van der Waals surface area contributed by atoms with Crippen molar-refractivity contribution in [1.29, 1.82) is 5.26 Å². The largest absolute Gasteiger partial charge is 0.573 e. The summed E-state index contributed by atoms with van der Waals surface area (Å²) >= 11 is 0. The maximum Gasteiger partial charge on any atom is 0.573 e. The maximum atomic E-state index is 12.3. The minimum absolute atomic E-state index is 0.0613. The molecule has 0 saturated heterocycles. The lowest BCUT2D eigenvalue weighted by atomic mass is 10.2. The molecule has 1 amide bonds. The number of hydrogen-bond donors (Lipinski definition) is 2. The third kappa shape index (κ3) is 6.06. The van der Waals surface area contributed by atoms with E-state index in [0.29, 0.717) is 11.3 Å². The van der Waals surface area contributed by atoms with Gasteiger partial charge in [0.2, 0.25) is 5.91 Å². The molecule has 0 aromatic heterocycles. The number of carbonyl (C=O) groups is 1. The number of para-hydroxylation sites is 1. The van der Waals surface area contributed by atoms with E-state index < -0.39 is 12.3 Å². The van der Waals surface area contributed by atoms with Gasteiger partial charge in [0.15, 0.2) is 0 Å². The van der Waals surface area contributed by atoms with Gasteiger partial charge in [-0.2, -0.15) is 5.26 Å². The normalized spacial score (nSPS) is 10.6. The minimum Gasteiger partial charge on any atom is -0.405 e. The standard InChI is InChI=1S/C17H14F3N3O2/c18-17(19,20)25-15-4-2-1-3-13(15)10-23-16(24)11-22-14-7-5-12(9-21)6-8-14/h1-8,22H,10-11H2,(H,23,24). The van der Waals surface area contributed by atoms with Gasteiger partial charge in [-0.05, 0) is 30.3 Å². The van der Waals surface area contributed by atoms with Crippen molar-refractivity contribution in [1.82, 2.24) is 5.32 Å². The summed E-state index contributed by atoms with van der Waals surface area (Å²) < 4.78 is 41.0. The Morgan fingerprint density at radius 1 is 1.12 bits per heavy atom. The number of nitriles is 1. The van der Waals surface area contributed by atoms with Gasteiger partial charge in [-0.3, -0.25) is 4.79 Å². The second kappa shape index (κ2) is 8.06. The first-order valence-corrected chi connectivity index (χ1v) is 7.22. The summed E-state index contributed by atoms with van der Waals surface area (Å²) in [6.45, 7) is -0.158. The van der Waals surface area contributed by atoms with Crippen molar-refractivity contribution in [3.05, 3.63) is 59.7 Å². The van der Waals surface area contributed by atoms with Gasteiger partial charge in [-0.15, -0.1) is 13.2 Å². The fourth-order valence-electron chi connectivity index (χ4n) is 1.98. The third-order valence-corrected chi connectivity index (χ3v) is 3.14. The van der Waals surface area contributed by atoms with Gasteiger partial charge in [-0.1, -0.05) is 18.2 Å². The molecule has 0 spiro atoms. The zero-order chi connectivity index (χ0) is 18.3. The number of nitrogens with one attached hydrogen (secondary N) is 2. The molecule has 0 unspecified atom stereocenters. The first-order chi connectivity index (χ1) is 11.9. The number of alkyl halides is 3. The van der Waals surface area contributed by atoms with Gasteiger partial charge >= 0.3 is 6.36 Å². The lowest BCUT2D eigenvalue weighted by Gasteiger charge is -2.14. The first-order valence-electron chi connectivity index (χ1n) is 7.22. The van der Waals surface area contributed by atoms with Crippen LogP contribution in [0.1, 0.15) is 11.1 Å². The van der Waals surface area contributed by atoms with E-state index in [2.05, 4.69) is 15.4 Å². The van der Waals surface area contributed by atoms with Crippen LogP contribution in [0.25, 0.3) is 0 Å². The Bertz CT molecular complexity index is 768. The number of rotatable bonds is 6. The van der Waals surface area contributed by atoms with E-state index in [1.54, 1.807) is 30.3 Å². The molecular formula is C17H14F3N3O2. The number of benzene rings is 2. The molecule has 0 fully saturated rings. The summed E-state index contributed by atoms with van der Waals surface area (Å²) in [6.07, 6.45) is -4.79. The molecule has 130 valence electrons. The molecule has 0 aliphatic heterocycles. The van der Waals surface area contributed by atoms with Gasteiger partial charge in [0.25, 0.3) is 0 Å². The predicted octanol–water partition coefficient (Wildman–Crippen LogP) is 3.19. The van der Waals surface area contributed by atoms with E-state index in [1.807, 2.05) is 6.07 Å². The Morgan fingerprint density at radius 2 is 1.80 bits per heavy atom. The van der Waals surface area contributed by atoms with Gasteiger partial charge in [0.1, 0.15) is 5.75 Å². The minimum atomic E-state index is -4.79. The van der Waals surface area contributed by atoms with E-state index in [4.69, 9.17) is 5.26 Å². The number of carbonyl (C=O) groups excluding carboxylic acids is 1. The van der Waals surface area contributed by atoms with E-state index in [9.17, 15) is 18.0 Å². The topological polar surface area (TPSA) is 74.2 Å². The Labute approximate surface area is 142 Å². The Morgan fingerprint density at radius 3 is 2.44 bits per heavy atom. The van der Waals surface area contributed by atoms with Crippen LogP contribution < -0.4 is 15.4 Å². The summed E-state index contributed by atoms with van der Waals surface area (Å²) in [6, 6.07) is 14.1. The van der Waals surface area contributed by atoms with Crippen LogP contribution >= 0.6 is 0 Å². The molecule has 2 aromatic rings. The highest BCUT2D eigenvalue weighted by Gasteiger charge is 2.31. The highest BCUT2D eigenvalue weighted by molar-refractivity contribution is 5.80. The molecule has 0 atom stereocenters. The van der Waals surface area contributed by atoms with Crippen LogP contribution in [0.4, 0.5) is 18.9 Å². The van der Waals surface area contributed by atoms with Crippen molar-refractivity contribution in [2.45, 2.75) is 12.9 Å². The first kappa shape index (κ1) is 18.1. The average Bonchev–Trinajstić information content (AvgIpc) is 2.58. The molecule has 0 bridgehead atoms. The Kier molecular flexibility index (Phi) is 5.84. The van der Waals surface area contributed by atoms with Gasteiger partial charge in [0, 0.05) is 17.8 Å². The molecule has 2 aromatic carbocycles. The molecule has 8 heteroatoms. The van der Waals surface area contributed by atoms with E-state index in [1.165, 1.54) is 18.2 Å². The molecule has 25 heavy (non-hydrogen) atoms. The molecule has 0 heterocycles. The molecule has 0 aliphatic carbocycles. The lowest BCUT2D eigenvalue weighted by molar-refractivity contribution is -0.274. The molecular weight excluding hydrogens is 335 g/mol. The molecule has 2 rings (SSSR count).